The maximum atomic E-state index is 14.6. The van der Waals surface area contributed by atoms with Crippen LogP contribution in [0.1, 0.15) is 37.3 Å². The normalized spacial score (nSPS) is 28.8. The Kier molecular flexibility index (Phi) is 4.21. The van der Waals surface area contributed by atoms with Crippen LogP contribution >= 0.6 is 15.9 Å². The number of rotatable bonds is 2. The van der Waals surface area contributed by atoms with Gasteiger partial charge in [-0.15, -0.1) is 0 Å². The summed E-state index contributed by atoms with van der Waals surface area (Å²) in [4.78, 5) is 14.3. The Bertz CT molecular complexity index is 730. The number of nitrogens with one attached hydrogen (secondary N) is 1. The molecule has 3 aliphatic rings. The molecule has 2 heterocycles. The molecule has 0 spiro atoms. The van der Waals surface area contributed by atoms with Crippen molar-refractivity contribution >= 4 is 27.5 Å². The Morgan fingerprint density at radius 3 is 2.88 bits per heavy atom. The molecule has 1 unspecified atom stereocenters. The molecule has 0 bridgehead atoms. The second kappa shape index (κ2) is 6.36. The number of carbonyl (C=O) groups is 1. The number of amides is 1. The summed E-state index contributed by atoms with van der Waals surface area (Å²) in [5, 5.41) is 3.41. The van der Waals surface area contributed by atoms with Gasteiger partial charge in [0, 0.05) is 35.0 Å². The number of likely N-dealkylation sites (tertiary alicyclic amines) is 1. The van der Waals surface area contributed by atoms with Crippen LogP contribution in [0.5, 0.6) is 0 Å². The fraction of sp³-hybridized carbons (Fsp3) is 0.421. The molecule has 1 aromatic rings. The molecule has 3 nitrogen and oxygen atoms in total. The van der Waals surface area contributed by atoms with Gasteiger partial charge in [-0.3, -0.25) is 4.79 Å². The molecule has 1 fully saturated rings. The van der Waals surface area contributed by atoms with Gasteiger partial charge in [0.1, 0.15) is 5.82 Å². The van der Waals surface area contributed by atoms with Crippen molar-refractivity contribution < 1.29 is 9.18 Å². The minimum Gasteiger partial charge on any atom is -0.379 e. The second-order valence-corrected chi connectivity index (χ2v) is 7.67. The van der Waals surface area contributed by atoms with Gasteiger partial charge in [0.2, 0.25) is 5.91 Å². The monoisotopic (exact) mass is 390 g/mol. The first-order valence-electron chi connectivity index (χ1n) is 8.52. The fourth-order valence-corrected chi connectivity index (χ4v) is 4.54. The first-order chi connectivity index (χ1) is 11.6. The number of carbonyl (C=O) groups excluding carboxylic acids is 1. The van der Waals surface area contributed by atoms with E-state index >= 15 is 0 Å². The predicted molar refractivity (Wildman–Crippen MR) is 96.2 cm³/mol. The third kappa shape index (κ3) is 2.79. The summed E-state index contributed by atoms with van der Waals surface area (Å²) in [6.45, 7) is 0.768. The van der Waals surface area contributed by atoms with Gasteiger partial charge in [0.05, 0.1) is 11.7 Å². The van der Waals surface area contributed by atoms with E-state index in [0.717, 1.165) is 35.8 Å². The van der Waals surface area contributed by atoms with E-state index in [9.17, 15) is 9.18 Å². The van der Waals surface area contributed by atoms with E-state index in [1.807, 2.05) is 17.0 Å². The smallest absolute Gasteiger partial charge is 0.223 e. The number of allylic oxidation sites excluding steroid dienone is 3. The Labute approximate surface area is 149 Å². The molecule has 1 N–H and O–H groups in total. The molecule has 1 amide bonds. The van der Waals surface area contributed by atoms with Crippen molar-refractivity contribution in [2.24, 2.45) is 5.92 Å². The zero-order chi connectivity index (χ0) is 16.7. The highest BCUT2D eigenvalue weighted by Crippen LogP contribution is 2.43. The van der Waals surface area contributed by atoms with Crippen molar-refractivity contribution in [2.75, 3.05) is 11.9 Å². The zero-order valence-corrected chi connectivity index (χ0v) is 14.9. The first-order valence-corrected chi connectivity index (χ1v) is 9.31. The van der Waals surface area contributed by atoms with Gasteiger partial charge in [-0.25, -0.2) is 4.39 Å². The van der Waals surface area contributed by atoms with E-state index in [2.05, 4.69) is 39.5 Å². The highest BCUT2D eigenvalue weighted by molar-refractivity contribution is 9.10. The molecule has 1 aliphatic carbocycles. The Morgan fingerprint density at radius 1 is 1.29 bits per heavy atom. The Hall–Kier alpha value is -1.62. The standard InChI is InChI=1S/C19H20BrFN2O/c20-13-9-14-17(23-8-4-7-18(23)24)11-16(12-5-2-1-3-6-12)22-19(14)15(21)10-13/h1-3,5,9-10,12,16-17,22H,4,6-8,11H2/t12?,16-,17-/m1/s1. The maximum Gasteiger partial charge on any atom is 0.223 e. The van der Waals surface area contributed by atoms with E-state index < -0.39 is 0 Å². The molecule has 0 saturated carbocycles. The summed E-state index contributed by atoms with van der Waals surface area (Å²) in [5.74, 6) is 0.258. The fourth-order valence-electron chi connectivity index (χ4n) is 4.09. The van der Waals surface area contributed by atoms with Crippen molar-refractivity contribution in [3.8, 4) is 0 Å². The summed E-state index contributed by atoms with van der Waals surface area (Å²) in [5.41, 5.74) is 1.45. The second-order valence-electron chi connectivity index (χ2n) is 6.76. The summed E-state index contributed by atoms with van der Waals surface area (Å²) in [6, 6.07) is 3.53. The Morgan fingerprint density at radius 2 is 2.17 bits per heavy atom. The van der Waals surface area contributed by atoms with Crippen LogP contribution < -0.4 is 5.32 Å². The lowest BCUT2D eigenvalue weighted by atomic mass is 9.82. The van der Waals surface area contributed by atoms with Crippen LogP contribution in [-0.2, 0) is 4.79 Å². The molecule has 1 aromatic carbocycles. The highest BCUT2D eigenvalue weighted by Gasteiger charge is 2.38. The summed E-state index contributed by atoms with van der Waals surface area (Å²) in [6.07, 6.45) is 11.7. The molecule has 5 heteroatoms. The van der Waals surface area contributed by atoms with Gasteiger partial charge >= 0.3 is 0 Å². The van der Waals surface area contributed by atoms with Gasteiger partial charge in [-0.05, 0) is 31.4 Å². The number of nitrogens with zero attached hydrogens (tertiary/aromatic N) is 1. The van der Waals surface area contributed by atoms with Gasteiger partial charge in [-0.1, -0.05) is 40.2 Å². The third-order valence-electron chi connectivity index (χ3n) is 5.27. The first kappa shape index (κ1) is 15.9. The summed E-state index contributed by atoms with van der Waals surface area (Å²) < 4.78 is 15.3. The van der Waals surface area contributed by atoms with Gasteiger partial charge in [0.25, 0.3) is 0 Å². The van der Waals surface area contributed by atoms with Crippen LogP contribution in [0.25, 0.3) is 0 Å². The van der Waals surface area contributed by atoms with E-state index in [4.69, 9.17) is 0 Å². The maximum absolute atomic E-state index is 14.6. The SMILES string of the molecule is O=C1CCCN1[C@@H]1C[C@H](C2C=CC=CC2)Nc2c(F)cc(Br)cc21. The van der Waals surface area contributed by atoms with E-state index in [-0.39, 0.29) is 23.8 Å². The molecule has 3 atom stereocenters. The van der Waals surface area contributed by atoms with Crippen molar-refractivity contribution in [2.45, 2.75) is 37.8 Å². The minimum absolute atomic E-state index is 0.0486. The van der Waals surface area contributed by atoms with E-state index in [1.165, 1.54) is 6.07 Å². The highest BCUT2D eigenvalue weighted by atomic mass is 79.9. The van der Waals surface area contributed by atoms with Crippen LogP contribution in [0.4, 0.5) is 10.1 Å². The molecular formula is C19H20BrFN2O. The zero-order valence-electron chi connectivity index (χ0n) is 13.3. The van der Waals surface area contributed by atoms with Gasteiger partial charge in [-0.2, -0.15) is 0 Å². The number of hydrogen-bond acceptors (Lipinski definition) is 2. The lowest BCUT2D eigenvalue weighted by Gasteiger charge is -2.40. The molecule has 2 aliphatic heterocycles. The van der Waals surface area contributed by atoms with Gasteiger partial charge < -0.3 is 10.2 Å². The van der Waals surface area contributed by atoms with Crippen molar-refractivity contribution in [3.05, 3.63) is 52.3 Å². The van der Waals surface area contributed by atoms with E-state index in [0.29, 0.717) is 18.0 Å². The van der Waals surface area contributed by atoms with Crippen LogP contribution in [0, 0.1) is 11.7 Å². The van der Waals surface area contributed by atoms with Crippen LogP contribution in [-0.4, -0.2) is 23.4 Å². The van der Waals surface area contributed by atoms with Gasteiger partial charge in [0.15, 0.2) is 0 Å². The average Bonchev–Trinajstić information content (AvgIpc) is 3.01. The lowest BCUT2D eigenvalue weighted by Crippen LogP contribution is -2.41. The van der Waals surface area contributed by atoms with Crippen LogP contribution in [0.3, 0.4) is 0 Å². The third-order valence-corrected chi connectivity index (χ3v) is 5.73. The van der Waals surface area contributed by atoms with Crippen LogP contribution in [0.2, 0.25) is 0 Å². The molecule has 0 radical (unpaired) electrons. The largest absolute Gasteiger partial charge is 0.379 e. The number of hydrogen-bond donors (Lipinski definition) is 1. The topological polar surface area (TPSA) is 32.3 Å². The molecule has 1 saturated heterocycles. The van der Waals surface area contributed by atoms with Crippen molar-refractivity contribution in [3.63, 3.8) is 0 Å². The molecule has 126 valence electrons. The predicted octanol–water partition coefficient (Wildman–Crippen LogP) is 4.57. The number of anilines is 1. The summed E-state index contributed by atoms with van der Waals surface area (Å²) in [7, 11) is 0. The minimum atomic E-state index is -0.254. The molecule has 24 heavy (non-hydrogen) atoms. The van der Waals surface area contributed by atoms with E-state index in [1.54, 1.807) is 0 Å². The Balaban J connectivity index is 1.73. The lowest BCUT2D eigenvalue weighted by molar-refractivity contribution is -0.130. The number of halogens is 2. The molecule has 0 aromatic heterocycles. The quantitative estimate of drug-likeness (QED) is 0.801. The van der Waals surface area contributed by atoms with Crippen molar-refractivity contribution in [1.82, 2.24) is 4.90 Å². The molecule has 4 rings (SSSR count). The molecular weight excluding hydrogens is 371 g/mol. The van der Waals surface area contributed by atoms with Crippen molar-refractivity contribution in [1.29, 1.82) is 0 Å². The van der Waals surface area contributed by atoms with Crippen LogP contribution in [0.15, 0.2) is 40.9 Å². The summed E-state index contributed by atoms with van der Waals surface area (Å²) >= 11 is 3.39. The average molecular weight is 391 g/mol. The number of benzene rings is 1. The number of fused-ring (bicyclic) bond motifs is 1.